The summed E-state index contributed by atoms with van der Waals surface area (Å²) in [7, 11) is 0. The molecule has 0 amide bonds. The first-order valence-electron chi connectivity index (χ1n) is 12.2. The van der Waals surface area contributed by atoms with Crippen molar-refractivity contribution in [3.05, 3.63) is 48.5 Å². The Bertz CT molecular complexity index is 1220. The van der Waals surface area contributed by atoms with Gasteiger partial charge >= 0.3 is 11.9 Å². The Kier molecular flexibility index (Phi) is 7.10. The smallest absolute Gasteiger partial charge is 0.338 e. The Morgan fingerprint density at radius 1 is 1.17 bits per heavy atom. The molecular weight excluding hydrogens is 466 g/mol. The van der Waals surface area contributed by atoms with Crippen molar-refractivity contribution in [3.63, 3.8) is 0 Å². The number of carbonyl (C=O) groups is 2. The molecule has 0 spiro atoms. The number of benzene rings is 1. The lowest BCUT2D eigenvalue weighted by Gasteiger charge is -2.28. The van der Waals surface area contributed by atoms with Gasteiger partial charge in [-0.15, -0.1) is 0 Å². The number of ether oxygens (including phenoxy) is 3. The zero-order valence-corrected chi connectivity index (χ0v) is 19.9. The summed E-state index contributed by atoms with van der Waals surface area (Å²) >= 11 is 0. The molecule has 2 aliphatic rings. The molecule has 1 aliphatic carbocycles. The fourth-order valence-electron chi connectivity index (χ4n) is 4.81. The minimum Gasteiger partial charge on any atom is -0.459 e. The quantitative estimate of drug-likeness (QED) is 0.470. The second-order valence-corrected chi connectivity index (χ2v) is 9.15. The van der Waals surface area contributed by atoms with E-state index < -0.39 is 36.5 Å². The Morgan fingerprint density at radius 2 is 1.97 bits per heavy atom. The second-order valence-electron chi connectivity index (χ2n) is 9.15. The number of hydrogen-bond acceptors (Lipinski definition) is 10. The summed E-state index contributed by atoms with van der Waals surface area (Å²) in [6.45, 7) is 1.35. The van der Waals surface area contributed by atoms with Gasteiger partial charge in [-0.05, 0) is 25.0 Å². The molecule has 36 heavy (non-hydrogen) atoms. The van der Waals surface area contributed by atoms with Gasteiger partial charge in [-0.2, -0.15) is 0 Å². The molecule has 4 unspecified atom stereocenters. The number of nitrogens with one attached hydrogen (secondary N) is 1. The Balaban J connectivity index is 1.33. The number of aromatic nitrogens is 4. The summed E-state index contributed by atoms with van der Waals surface area (Å²) in [5.74, 6) is -0.364. The minimum absolute atomic E-state index is 0.00990. The fourth-order valence-corrected chi connectivity index (χ4v) is 4.81. The summed E-state index contributed by atoms with van der Waals surface area (Å²) in [6.07, 6.45) is 4.71. The number of esters is 2. The average Bonchev–Trinajstić information content (AvgIpc) is 3.48. The van der Waals surface area contributed by atoms with Gasteiger partial charge in [0.05, 0.1) is 30.1 Å². The Labute approximate surface area is 207 Å². The van der Waals surface area contributed by atoms with Crippen molar-refractivity contribution >= 4 is 28.9 Å². The normalized spacial score (nSPS) is 26.0. The number of carbonyl (C=O) groups excluding carboxylic acids is 2. The van der Waals surface area contributed by atoms with Crippen LogP contribution in [0.2, 0.25) is 0 Å². The monoisotopic (exact) mass is 495 g/mol. The van der Waals surface area contributed by atoms with Crippen LogP contribution in [0.15, 0.2) is 43.0 Å². The van der Waals surface area contributed by atoms with Crippen LogP contribution in [0.5, 0.6) is 0 Å². The van der Waals surface area contributed by atoms with Crippen molar-refractivity contribution in [3.8, 4) is 0 Å². The topological polar surface area (TPSA) is 138 Å². The van der Waals surface area contributed by atoms with Crippen LogP contribution < -0.4 is 5.32 Å². The van der Waals surface area contributed by atoms with Crippen molar-refractivity contribution in [2.24, 2.45) is 0 Å². The van der Waals surface area contributed by atoms with Crippen LogP contribution in [0.1, 0.15) is 55.6 Å². The highest BCUT2D eigenvalue weighted by atomic mass is 16.6. The molecule has 11 nitrogen and oxygen atoms in total. The van der Waals surface area contributed by atoms with Gasteiger partial charge in [0, 0.05) is 13.3 Å². The van der Waals surface area contributed by atoms with E-state index in [-0.39, 0.29) is 12.6 Å². The molecule has 5 atom stereocenters. The van der Waals surface area contributed by atoms with Gasteiger partial charge in [0.25, 0.3) is 0 Å². The highest BCUT2D eigenvalue weighted by Gasteiger charge is 2.40. The van der Waals surface area contributed by atoms with E-state index in [0.29, 0.717) is 29.0 Å². The average molecular weight is 496 g/mol. The van der Waals surface area contributed by atoms with Crippen LogP contribution in [0.4, 0.5) is 5.82 Å². The summed E-state index contributed by atoms with van der Waals surface area (Å²) in [5, 5.41) is 13.7. The largest absolute Gasteiger partial charge is 0.459 e. The summed E-state index contributed by atoms with van der Waals surface area (Å²) in [5.41, 5.74) is 1.48. The zero-order valence-electron chi connectivity index (χ0n) is 19.9. The van der Waals surface area contributed by atoms with Crippen molar-refractivity contribution in [1.29, 1.82) is 0 Å². The van der Waals surface area contributed by atoms with Gasteiger partial charge in [-0.1, -0.05) is 31.0 Å². The molecule has 0 radical (unpaired) electrons. The van der Waals surface area contributed by atoms with E-state index in [1.807, 2.05) is 6.07 Å². The molecule has 3 heterocycles. The van der Waals surface area contributed by atoms with Crippen molar-refractivity contribution < 1.29 is 28.9 Å². The number of anilines is 1. The first-order valence-corrected chi connectivity index (χ1v) is 12.2. The third kappa shape index (κ3) is 5.17. The number of fused-ring (bicyclic) bond motifs is 1. The van der Waals surface area contributed by atoms with E-state index in [4.69, 9.17) is 14.2 Å². The van der Waals surface area contributed by atoms with E-state index in [1.54, 1.807) is 35.2 Å². The molecule has 2 aromatic heterocycles. The van der Waals surface area contributed by atoms with Crippen molar-refractivity contribution in [2.45, 2.75) is 69.6 Å². The fraction of sp³-hybridized carbons (Fsp3) is 0.480. The SMILES string of the molecule is CC(=O)OC1CC(COC(=O)c2ccccc2)OC1n1cnc2c(N[C@@H]3CCCCC3O)ncnc21. The molecule has 11 heteroatoms. The Hall–Kier alpha value is -3.57. The molecule has 1 saturated heterocycles. The van der Waals surface area contributed by atoms with Crippen LogP contribution in [0.3, 0.4) is 0 Å². The molecule has 5 rings (SSSR count). The molecule has 2 N–H and O–H groups in total. The number of aliphatic hydroxyl groups is 1. The van der Waals surface area contributed by atoms with Crippen LogP contribution in [0.25, 0.3) is 11.2 Å². The van der Waals surface area contributed by atoms with E-state index in [9.17, 15) is 14.7 Å². The van der Waals surface area contributed by atoms with Gasteiger partial charge in [0.1, 0.15) is 19.0 Å². The van der Waals surface area contributed by atoms with E-state index >= 15 is 0 Å². The van der Waals surface area contributed by atoms with Crippen LogP contribution in [0, 0.1) is 0 Å². The third-order valence-electron chi connectivity index (χ3n) is 6.56. The Morgan fingerprint density at radius 3 is 2.75 bits per heavy atom. The van der Waals surface area contributed by atoms with Crippen molar-refractivity contribution in [1.82, 2.24) is 19.5 Å². The lowest BCUT2D eigenvalue weighted by Crippen LogP contribution is -2.36. The number of aliphatic hydroxyl groups excluding tert-OH is 1. The maximum atomic E-state index is 12.3. The van der Waals surface area contributed by atoms with Crippen molar-refractivity contribution in [2.75, 3.05) is 11.9 Å². The van der Waals surface area contributed by atoms with Gasteiger partial charge in [-0.3, -0.25) is 9.36 Å². The molecule has 1 aromatic carbocycles. The van der Waals surface area contributed by atoms with Gasteiger partial charge in [0.15, 0.2) is 23.2 Å². The van der Waals surface area contributed by atoms with Gasteiger partial charge in [0.2, 0.25) is 0 Å². The predicted octanol–water partition coefficient (Wildman–Crippen LogP) is 2.62. The maximum Gasteiger partial charge on any atom is 0.338 e. The minimum atomic E-state index is -0.706. The standard InChI is InChI=1S/C25H29N5O6/c1-15(31)35-20-11-17(12-34-25(33)16-7-3-2-4-8-16)36-24(20)30-14-28-21-22(26-13-27-23(21)30)29-18-9-5-6-10-19(18)32/h2-4,7-8,13-14,17-20,24,32H,5-6,9-12H2,1H3,(H,26,27,29)/t17?,18-,19?,20?,24?/m1/s1. The molecule has 190 valence electrons. The first-order chi connectivity index (χ1) is 17.5. The molecule has 2 fully saturated rings. The molecule has 3 aromatic rings. The number of nitrogens with zero attached hydrogens (tertiary/aromatic N) is 4. The lowest BCUT2D eigenvalue weighted by atomic mass is 9.92. The highest BCUT2D eigenvalue weighted by Crippen LogP contribution is 2.34. The number of rotatable bonds is 7. The summed E-state index contributed by atoms with van der Waals surface area (Å²) in [6, 6.07) is 8.60. The van der Waals surface area contributed by atoms with Crippen LogP contribution >= 0.6 is 0 Å². The van der Waals surface area contributed by atoms with Gasteiger partial charge in [-0.25, -0.2) is 19.7 Å². The van der Waals surface area contributed by atoms with E-state index in [2.05, 4.69) is 20.3 Å². The predicted molar refractivity (Wildman–Crippen MR) is 128 cm³/mol. The second kappa shape index (κ2) is 10.6. The van der Waals surface area contributed by atoms with Crippen LogP contribution in [-0.4, -0.2) is 67.5 Å². The molecular formula is C25H29N5O6. The first kappa shape index (κ1) is 24.1. The zero-order chi connectivity index (χ0) is 25.1. The lowest BCUT2D eigenvalue weighted by molar-refractivity contribution is -0.152. The maximum absolute atomic E-state index is 12.3. The third-order valence-corrected chi connectivity index (χ3v) is 6.56. The molecule has 1 saturated carbocycles. The number of hydrogen-bond donors (Lipinski definition) is 2. The molecule has 1 aliphatic heterocycles. The highest BCUT2D eigenvalue weighted by molar-refractivity contribution is 5.89. The van der Waals surface area contributed by atoms with E-state index in [0.717, 1.165) is 25.7 Å². The van der Waals surface area contributed by atoms with Gasteiger partial charge < -0.3 is 24.6 Å². The summed E-state index contributed by atoms with van der Waals surface area (Å²) in [4.78, 5) is 37.4. The number of imidazole rings is 1. The molecule has 0 bridgehead atoms. The van der Waals surface area contributed by atoms with Crippen LogP contribution in [-0.2, 0) is 19.0 Å². The van der Waals surface area contributed by atoms with E-state index in [1.165, 1.54) is 13.3 Å². The summed E-state index contributed by atoms with van der Waals surface area (Å²) < 4.78 is 18.9.